The number of carbonyl (C=O) groups excluding carboxylic acids is 2. The molecular weight excluding hydrogens is 406 g/mol. The first-order valence-electron chi connectivity index (χ1n) is 10.5. The maximum Gasteiger partial charge on any atom is 0.262 e. The van der Waals surface area contributed by atoms with Crippen LogP contribution in [-0.2, 0) is 11.3 Å². The Morgan fingerprint density at radius 1 is 1.06 bits per heavy atom. The van der Waals surface area contributed by atoms with Crippen molar-refractivity contribution in [3.8, 4) is 11.5 Å². The van der Waals surface area contributed by atoms with Crippen molar-refractivity contribution in [1.29, 1.82) is 0 Å². The Labute approximate surface area is 187 Å². The van der Waals surface area contributed by atoms with Crippen LogP contribution in [0.1, 0.15) is 35.5 Å². The molecule has 0 aliphatic rings. The fourth-order valence-electron chi connectivity index (χ4n) is 3.06. The summed E-state index contributed by atoms with van der Waals surface area (Å²) in [4.78, 5) is 24.7. The third kappa shape index (κ3) is 6.07. The van der Waals surface area contributed by atoms with Crippen LogP contribution in [0.5, 0.6) is 11.5 Å². The number of nitrogens with one attached hydrogen (secondary N) is 1. The van der Waals surface area contributed by atoms with Crippen molar-refractivity contribution in [1.82, 2.24) is 9.78 Å². The molecule has 3 aromatic rings. The van der Waals surface area contributed by atoms with E-state index in [-0.39, 0.29) is 18.3 Å². The number of ether oxygens (including phenoxy) is 2. The van der Waals surface area contributed by atoms with Gasteiger partial charge in [0.1, 0.15) is 0 Å². The zero-order valence-electron chi connectivity index (χ0n) is 18.5. The molecule has 1 heterocycles. The van der Waals surface area contributed by atoms with Gasteiger partial charge in [-0.2, -0.15) is 5.10 Å². The van der Waals surface area contributed by atoms with Gasteiger partial charge in [0.15, 0.2) is 23.9 Å². The van der Waals surface area contributed by atoms with Gasteiger partial charge in [0.05, 0.1) is 17.9 Å². The zero-order chi connectivity index (χ0) is 22.9. The summed E-state index contributed by atoms with van der Waals surface area (Å²) in [5.41, 5.74) is 2.77. The number of aromatic nitrogens is 2. The van der Waals surface area contributed by atoms with Crippen LogP contribution in [0.15, 0.2) is 60.8 Å². The highest BCUT2D eigenvalue weighted by molar-refractivity contribution is 6.07. The van der Waals surface area contributed by atoms with E-state index < -0.39 is 0 Å². The molecule has 0 bridgehead atoms. The van der Waals surface area contributed by atoms with Crippen molar-refractivity contribution in [2.75, 3.05) is 18.5 Å². The van der Waals surface area contributed by atoms with Crippen LogP contribution in [0.3, 0.4) is 0 Å². The highest BCUT2D eigenvalue weighted by Crippen LogP contribution is 2.29. The van der Waals surface area contributed by atoms with Gasteiger partial charge >= 0.3 is 0 Å². The molecular formula is C25H27N3O4. The number of rotatable bonds is 10. The molecule has 3 rings (SSSR count). The number of para-hydroxylation sites is 1. The molecule has 32 heavy (non-hydrogen) atoms. The predicted molar refractivity (Wildman–Crippen MR) is 124 cm³/mol. The first-order valence-corrected chi connectivity index (χ1v) is 10.5. The van der Waals surface area contributed by atoms with Crippen molar-refractivity contribution in [2.24, 2.45) is 0 Å². The molecule has 0 aliphatic carbocycles. The summed E-state index contributed by atoms with van der Waals surface area (Å²) in [6, 6.07) is 14.5. The van der Waals surface area contributed by atoms with Crippen LogP contribution >= 0.6 is 0 Å². The number of anilines is 1. The molecule has 0 saturated carbocycles. The minimum atomic E-state index is -0.267. The van der Waals surface area contributed by atoms with Gasteiger partial charge in [0.2, 0.25) is 0 Å². The topological polar surface area (TPSA) is 82.5 Å². The molecule has 0 fully saturated rings. The van der Waals surface area contributed by atoms with Gasteiger partial charge < -0.3 is 14.8 Å². The normalized spacial score (nSPS) is 10.8. The minimum absolute atomic E-state index is 0.113. The van der Waals surface area contributed by atoms with Crippen LogP contribution in [0, 0.1) is 6.92 Å². The fourth-order valence-corrected chi connectivity index (χ4v) is 3.06. The molecule has 0 saturated heterocycles. The number of ketones is 1. The summed E-state index contributed by atoms with van der Waals surface area (Å²) in [5.74, 6) is 0.581. The van der Waals surface area contributed by atoms with Crippen LogP contribution in [0.4, 0.5) is 5.69 Å². The van der Waals surface area contributed by atoms with Crippen molar-refractivity contribution in [3.05, 3.63) is 77.6 Å². The molecule has 1 amide bonds. The Morgan fingerprint density at radius 3 is 2.53 bits per heavy atom. The first kappa shape index (κ1) is 22.8. The van der Waals surface area contributed by atoms with Gasteiger partial charge in [-0.1, -0.05) is 30.3 Å². The monoisotopic (exact) mass is 433 g/mol. The maximum atomic E-state index is 12.5. The quantitative estimate of drug-likeness (QED) is 0.375. The Balaban J connectivity index is 1.66. The molecule has 166 valence electrons. The van der Waals surface area contributed by atoms with E-state index in [0.717, 1.165) is 5.56 Å². The van der Waals surface area contributed by atoms with E-state index in [9.17, 15) is 9.59 Å². The average molecular weight is 434 g/mol. The van der Waals surface area contributed by atoms with Crippen LogP contribution < -0.4 is 14.8 Å². The number of hydrogen-bond donors (Lipinski definition) is 1. The molecule has 1 aromatic heterocycles. The summed E-state index contributed by atoms with van der Waals surface area (Å²) in [6.45, 7) is 6.66. The zero-order valence-corrected chi connectivity index (χ0v) is 18.5. The van der Waals surface area contributed by atoms with Crippen molar-refractivity contribution >= 4 is 23.5 Å². The Bertz CT molecular complexity index is 1100. The molecule has 0 atom stereocenters. The number of hydrogen-bond acceptors (Lipinski definition) is 5. The molecule has 0 spiro atoms. The van der Waals surface area contributed by atoms with E-state index in [0.29, 0.717) is 41.6 Å². The molecule has 0 unspecified atom stereocenters. The number of benzene rings is 2. The van der Waals surface area contributed by atoms with E-state index >= 15 is 0 Å². The lowest BCUT2D eigenvalue weighted by molar-refractivity contribution is -0.118. The molecule has 0 aliphatic heterocycles. The molecule has 7 nitrogen and oxygen atoms in total. The second-order valence-electron chi connectivity index (χ2n) is 7.02. The first-order chi connectivity index (χ1) is 15.5. The van der Waals surface area contributed by atoms with Crippen LogP contribution in [-0.4, -0.2) is 34.7 Å². The number of aryl methyl sites for hydroxylation is 2. The highest BCUT2D eigenvalue weighted by atomic mass is 16.5. The lowest BCUT2D eigenvalue weighted by atomic mass is 10.1. The van der Waals surface area contributed by atoms with Crippen molar-refractivity contribution in [2.45, 2.75) is 27.3 Å². The van der Waals surface area contributed by atoms with Crippen molar-refractivity contribution < 1.29 is 19.1 Å². The predicted octanol–water partition coefficient (Wildman–Crippen LogP) is 4.52. The van der Waals surface area contributed by atoms with Crippen molar-refractivity contribution in [3.63, 3.8) is 0 Å². The van der Waals surface area contributed by atoms with Crippen LogP contribution in [0.2, 0.25) is 0 Å². The number of allylic oxidation sites excluding steroid dienone is 1. The van der Waals surface area contributed by atoms with E-state index in [1.54, 1.807) is 47.3 Å². The van der Waals surface area contributed by atoms with E-state index in [2.05, 4.69) is 10.4 Å². The average Bonchev–Trinajstić information content (AvgIpc) is 3.18. The summed E-state index contributed by atoms with van der Waals surface area (Å²) < 4.78 is 13.1. The molecule has 0 radical (unpaired) electrons. The Hall–Kier alpha value is -3.87. The Morgan fingerprint density at radius 2 is 1.84 bits per heavy atom. The summed E-state index contributed by atoms with van der Waals surface area (Å²) in [7, 11) is 0. The van der Waals surface area contributed by atoms with E-state index in [1.807, 2.05) is 39.0 Å². The van der Waals surface area contributed by atoms with Gasteiger partial charge in [-0.15, -0.1) is 0 Å². The van der Waals surface area contributed by atoms with Gasteiger partial charge in [-0.3, -0.25) is 14.3 Å². The van der Waals surface area contributed by atoms with Gasteiger partial charge in [0.25, 0.3) is 5.91 Å². The lowest BCUT2D eigenvalue weighted by Gasteiger charge is -2.12. The number of amides is 1. The van der Waals surface area contributed by atoms with Gasteiger partial charge in [-0.05, 0) is 56.7 Å². The summed E-state index contributed by atoms with van der Waals surface area (Å²) in [5, 5.41) is 7.08. The SMILES string of the molecule is CCOc1cc(/C=C/C(=O)c2cn(CC)nc2C)ccc1OCC(=O)Nc1ccccc1. The standard InChI is InChI=1S/C25H27N3O4/c1-4-28-16-21(18(3)27-28)22(29)13-11-19-12-14-23(24(15-19)31-5-2)32-17-25(30)26-20-9-7-6-8-10-20/h6-16H,4-5,17H2,1-3H3,(H,26,30)/b13-11+. The lowest BCUT2D eigenvalue weighted by Crippen LogP contribution is -2.20. The van der Waals surface area contributed by atoms with E-state index in [1.165, 1.54) is 6.08 Å². The van der Waals surface area contributed by atoms with Crippen LogP contribution in [0.25, 0.3) is 6.08 Å². The van der Waals surface area contributed by atoms with Gasteiger partial charge in [0, 0.05) is 18.4 Å². The van der Waals surface area contributed by atoms with E-state index in [4.69, 9.17) is 9.47 Å². The minimum Gasteiger partial charge on any atom is -0.490 e. The fraction of sp³-hybridized carbons (Fsp3) is 0.240. The summed E-state index contributed by atoms with van der Waals surface area (Å²) in [6.07, 6.45) is 4.99. The van der Waals surface area contributed by atoms with Gasteiger partial charge in [-0.25, -0.2) is 0 Å². The molecule has 7 heteroatoms. The third-order valence-electron chi connectivity index (χ3n) is 4.65. The maximum absolute atomic E-state index is 12.5. The third-order valence-corrected chi connectivity index (χ3v) is 4.65. The second kappa shape index (κ2) is 10.9. The number of nitrogens with zero attached hydrogens (tertiary/aromatic N) is 2. The largest absolute Gasteiger partial charge is 0.490 e. The smallest absolute Gasteiger partial charge is 0.262 e. The highest BCUT2D eigenvalue weighted by Gasteiger charge is 2.12. The summed E-state index contributed by atoms with van der Waals surface area (Å²) >= 11 is 0. The molecule has 2 aromatic carbocycles. The number of carbonyl (C=O) groups is 2. The Kier molecular flexibility index (Phi) is 7.80. The second-order valence-corrected chi connectivity index (χ2v) is 7.02. The molecule has 1 N–H and O–H groups in total.